The first kappa shape index (κ1) is 9.46. The molecule has 0 aromatic heterocycles. The lowest BCUT2D eigenvalue weighted by molar-refractivity contribution is 0.339. The van der Waals surface area contributed by atoms with Crippen molar-refractivity contribution in [1.82, 2.24) is 0 Å². The molecule has 1 heterocycles. The predicted molar refractivity (Wildman–Crippen MR) is 52.1 cm³/mol. The summed E-state index contributed by atoms with van der Waals surface area (Å²) in [6.45, 7) is 0. The summed E-state index contributed by atoms with van der Waals surface area (Å²) < 4.78 is 22.5. The van der Waals surface area contributed by atoms with Gasteiger partial charge in [-0.2, -0.15) is 0 Å². The molecule has 0 radical (unpaired) electrons. The molecule has 0 aromatic rings. The van der Waals surface area contributed by atoms with Crippen LogP contribution in [-0.4, -0.2) is 26.0 Å². The Morgan fingerprint density at radius 3 is 2.38 bits per heavy atom. The minimum Gasteiger partial charge on any atom is -0.327 e. The number of rotatable bonds is 1. The Bertz CT molecular complexity index is 286. The second-order valence-electron chi connectivity index (χ2n) is 4.42. The standard InChI is InChI=1S/C9H17NO2S/c10-9-3-1-2-8(9)7-4-5-13(11,12)6-7/h7-9H,1-6,10H2. The summed E-state index contributed by atoms with van der Waals surface area (Å²) in [7, 11) is -2.71. The first-order valence-electron chi connectivity index (χ1n) is 5.04. The van der Waals surface area contributed by atoms with Crippen molar-refractivity contribution >= 4 is 9.84 Å². The molecule has 13 heavy (non-hydrogen) atoms. The van der Waals surface area contributed by atoms with E-state index >= 15 is 0 Å². The van der Waals surface area contributed by atoms with Crippen molar-refractivity contribution in [2.45, 2.75) is 31.7 Å². The van der Waals surface area contributed by atoms with Gasteiger partial charge in [-0.25, -0.2) is 8.42 Å². The minimum atomic E-state index is -2.71. The highest BCUT2D eigenvalue weighted by Gasteiger charge is 2.38. The lowest BCUT2D eigenvalue weighted by Crippen LogP contribution is -2.30. The van der Waals surface area contributed by atoms with Crippen molar-refractivity contribution in [2.24, 2.45) is 17.6 Å². The molecule has 2 rings (SSSR count). The number of hydrogen-bond donors (Lipinski definition) is 1. The first-order chi connectivity index (χ1) is 6.08. The van der Waals surface area contributed by atoms with Gasteiger partial charge in [0.15, 0.2) is 9.84 Å². The van der Waals surface area contributed by atoms with Crippen molar-refractivity contribution in [3.63, 3.8) is 0 Å². The van der Waals surface area contributed by atoms with E-state index in [1.807, 2.05) is 0 Å². The highest BCUT2D eigenvalue weighted by molar-refractivity contribution is 7.91. The second-order valence-corrected chi connectivity index (χ2v) is 6.65. The predicted octanol–water partition coefficient (Wildman–Crippen LogP) is 0.548. The van der Waals surface area contributed by atoms with Crippen LogP contribution in [0.2, 0.25) is 0 Å². The van der Waals surface area contributed by atoms with Crippen molar-refractivity contribution in [3.05, 3.63) is 0 Å². The second kappa shape index (κ2) is 3.24. The molecule has 2 N–H and O–H groups in total. The van der Waals surface area contributed by atoms with Gasteiger partial charge in [-0.15, -0.1) is 0 Å². The smallest absolute Gasteiger partial charge is 0.150 e. The van der Waals surface area contributed by atoms with Crippen LogP contribution in [0.3, 0.4) is 0 Å². The molecule has 0 amide bonds. The zero-order valence-electron chi connectivity index (χ0n) is 7.78. The van der Waals surface area contributed by atoms with Crippen molar-refractivity contribution < 1.29 is 8.42 Å². The summed E-state index contributed by atoms with van der Waals surface area (Å²) >= 11 is 0. The van der Waals surface area contributed by atoms with Crippen LogP contribution in [0.1, 0.15) is 25.7 Å². The van der Waals surface area contributed by atoms with E-state index in [4.69, 9.17) is 5.73 Å². The summed E-state index contributed by atoms with van der Waals surface area (Å²) in [5, 5.41) is 0. The Hall–Kier alpha value is -0.0900. The SMILES string of the molecule is NC1CCCC1C1CCS(=O)(=O)C1. The van der Waals surface area contributed by atoms with Crippen LogP contribution in [0.15, 0.2) is 0 Å². The van der Waals surface area contributed by atoms with Crippen LogP contribution in [0.25, 0.3) is 0 Å². The number of hydrogen-bond acceptors (Lipinski definition) is 3. The molecule has 3 unspecified atom stereocenters. The summed E-state index contributed by atoms with van der Waals surface area (Å²) in [5.41, 5.74) is 5.95. The Morgan fingerprint density at radius 1 is 1.15 bits per heavy atom. The third kappa shape index (κ3) is 1.89. The molecule has 1 aliphatic carbocycles. The Kier molecular flexibility index (Phi) is 2.36. The molecule has 0 spiro atoms. The van der Waals surface area contributed by atoms with Gasteiger partial charge >= 0.3 is 0 Å². The van der Waals surface area contributed by atoms with E-state index in [9.17, 15) is 8.42 Å². The average molecular weight is 203 g/mol. The van der Waals surface area contributed by atoms with Gasteiger partial charge < -0.3 is 5.73 Å². The molecule has 0 aromatic carbocycles. The maximum Gasteiger partial charge on any atom is 0.150 e. The van der Waals surface area contributed by atoms with Crippen molar-refractivity contribution in [3.8, 4) is 0 Å². The van der Waals surface area contributed by atoms with E-state index in [0.717, 1.165) is 19.3 Å². The zero-order chi connectivity index (χ0) is 9.47. The van der Waals surface area contributed by atoms with Crippen LogP contribution in [0.4, 0.5) is 0 Å². The van der Waals surface area contributed by atoms with Crippen LogP contribution in [-0.2, 0) is 9.84 Å². The largest absolute Gasteiger partial charge is 0.327 e. The fraction of sp³-hybridized carbons (Fsp3) is 1.00. The first-order valence-corrected chi connectivity index (χ1v) is 6.87. The number of nitrogens with two attached hydrogens (primary N) is 1. The molecule has 1 saturated heterocycles. The summed E-state index contributed by atoms with van der Waals surface area (Å²) in [5.74, 6) is 1.63. The quantitative estimate of drug-likeness (QED) is 0.677. The van der Waals surface area contributed by atoms with Crippen molar-refractivity contribution in [2.75, 3.05) is 11.5 Å². The Labute approximate surface area is 79.6 Å². The lowest BCUT2D eigenvalue weighted by atomic mass is 9.88. The number of sulfone groups is 1. The molecule has 4 heteroatoms. The molecule has 2 aliphatic rings. The lowest BCUT2D eigenvalue weighted by Gasteiger charge is -2.20. The van der Waals surface area contributed by atoms with Crippen LogP contribution in [0, 0.1) is 11.8 Å². The molecule has 2 fully saturated rings. The average Bonchev–Trinajstić information content (AvgIpc) is 2.56. The highest BCUT2D eigenvalue weighted by atomic mass is 32.2. The van der Waals surface area contributed by atoms with E-state index in [-0.39, 0.29) is 6.04 Å². The van der Waals surface area contributed by atoms with Crippen LogP contribution < -0.4 is 5.73 Å². The molecule has 1 saturated carbocycles. The maximum atomic E-state index is 11.3. The molecule has 0 bridgehead atoms. The summed E-state index contributed by atoms with van der Waals surface area (Å²) in [6.07, 6.45) is 4.26. The zero-order valence-corrected chi connectivity index (χ0v) is 8.59. The fourth-order valence-electron chi connectivity index (χ4n) is 2.76. The third-order valence-electron chi connectivity index (χ3n) is 3.50. The van der Waals surface area contributed by atoms with Gasteiger partial charge in [-0.05, 0) is 31.1 Å². The Balaban J connectivity index is 2.03. The monoisotopic (exact) mass is 203 g/mol. The van der Waals surface area contributed by atoms with Gasteiger partial charge in [0.05, 0.1) is 11.5 Å². The Morgan fingerprint density at radius 2 is 1.92 bits per heavy atom. The van der Waals surface area contributed by atoms with E-state index in [1.54, 1.807) is 0 Å². The van der Waals surface area contributed by atoms with Gasteiger partial charge in [0, 0.05) is 6.04 Å². The minimum absolute atomic E-state index is 0.262. The van der Waals surface area contributed by atoms with E-state index in [1.165, 1.54) is 6.42 Å². The normalized spacial score (nSPS) is 43.9. The molecular formula is C9H17NO2S. The van der Waals surface area contributed by atoms with E-state index < -0.39 is 9.84 Å². The van der Waals surface area contributed by atoms with Gasteiger partial charge in [0.25, 0.3) is 0 Å². The molecule has 3 atom stereocenters. The van der Waals surface area contributed by atoms with Gasteiger partial charge in [0.2, 0.25) is 0 Å². The van der Waals surface area contributed by atoms with E-state index in [0.29, 0.717) is 23.3 Å². The van der Waals surface area contributed by atoms with Crippen LogP contribution in [0.5, 0.6) is 0 Å². The third-order valence-corrected chi connectivity index (χ3v) is 5.29. The topological polar surface area (TPSA) is 60.2 Å². The highest BCUT2D eigenvalue weighted by Crippen LogP contribution is 2.36. The molecule has 3 nitrogen and oxygen atoms in total. The fourth-order valence-corrected chi connectivity index (χ4v) is 4.66. The van der Waals surface area contributed by atoms with Crippen LogP contribution >= 0.6 is 0 Å². The van der Waals surface area contributed by atoms with Gasteiger partial charge in [-0.1, -0.05) is 6.42 Å². The molecular weight excluding hydrogens is 186 g/mol. The summed E-state index contributed by atoms with van der Waals surface area (Å²) in [6, 6.07) is 0.262. The van der Waals surface area contributed by atoms with Crippen molar-refractivity contribution in [1.29, 1.82) is 0 Å². The molecule has 1 aliphatic heterocycles. The molecule has 76 valence electrons. The van der Waals surface area contributed by atoms with Gasteiger partial charge in [0.1, 0.15) is 0 Å². The van der Waals surface area contributed by atoms with E-state index in [2.05, 4.69) is 0 Å². The maximum absolute atomic E-state index is 11.3. The van der Waals surface area contributed by atoms with Gasteiger partial charge in [-0.3, -0.25) is 0 Å². The summed E-state index contributed by atoms with van der Waals surface area (Å²) in [4.78, 5) is 0.